The smallest absolute Gasteiger partial charge is 0.191 e. The molecule has 3 rings (SSSR count). The van der Waals surface area contributed by atoms with Gasteiger partial charge in [0.2, 0.25) is 0 Å². The number of likely N-dealkylation sites (tertiary alicyclic amines) is 1. The molecule has 0 bridgehead atoms. The van der Waals surface area contributed by atoms with E-state index in [1.54, 1.807) is 6.26 Å². The fourth-order valence-corrected chi connectivity index (χ4v) is 3.67. The normalized spacial score (nSPS) is 23.5. The van der Waals surface area contributed by atoms with Gasteiger partial charge in [0, 0.05) is 38.3 Å². The maximum Gasteiger partial charge on any atom is 0.191 e. The van der Waals surface area contributed by atoms with E-state index < -0.39 is 0 Å². The molecule has 1 aromatic rings. The second-order valence-corrected chi connectivity index (χ2v) is 6.73. The minimum Gasteiger partial charge on any atom is -0.364 e. The first-order valence-corrected chi connectivity index (χ1v) is 9.00. The molecule has 2 fully saturated rings. The molecule has 128 valence electrons. The molecule has 1 aliphatic carbocycles. The Hall–Kier alpha value is -1.56. The van der Waals surface area contributed by atoms with Crippen LogP contribution in [0.1, 0.15) is 44.7 Å². The number of hydrogen-bond donors (Lipinski definition) is 2. The highest BCUT2D eigenvalue weighted by molar-refractivity contribution is 5.80. The number of hydrogen-bond acceptors (Lipinski definition) is 4. The number of nitrogens with one attached hydrogen (secondary N) is 2. The molecule has 1 aromatic heterocycles. The maximum atomic E-state index is 4.85. The third-order valence-electron chi connectivity index (χ3n) is 4.84. The third-order valence-corrected chi connectivity index (χ3v) is 4.84. The van der Waals surface area contributed by atoms with Crippen molar-refractivity contribution in [3.8, 4) is 0 Å². The summed E-state index contributed by atoms with van der Waals surface area (Å²) in [7, 11) is 0. The van der Waals surface area contributed by atoms with Gasteiger partial charge in [-0.05, 0) is 32.1 Å². The Bertz CT molecular complexity index is 481. The number of rotatable bonds is 6. The van der Waals surface area contributed by atoms with Gasteiger partial charge in [-0.1, -0.05) is 18.0 Å². The van der Waals surface area contributed by atoms with Crippen LogP contribution in [0.3, 0.4) is 0 Å². The highest BCUT2D eigenvalue weighted by atomic mass is 16.5. The summed E-state index contributed by atoms with van der Waals surface area (Å²) in [6, 6.07) is 2.35. The number of aliphatic imine (C=N–C) groups is 1. The third kappa shape index (κ3) is 4.96. The molecule has 0 aromatic carbocycles. The first-order valence-electron chi connectivity index (χ1n) is 9.00. The summed E-state index contributed by atoms with van der Waals surface area (Å²) in [6.45, 7) is 7.12. The summed E-state index contributed by atoms with van der Waals surface area (Å²) in [5, 5.41) is 10.8. The van der Waals surface area contributed by atoms with Crippen molar-refractivity contribution in [2.24, 2.45) is 10.9 Å². The zero-order valence-corrected chi connectivity index (χ0v) is 14.1. The first-order chi connectivity index (χ1) is 11.3. The Morgan fingerprint density at radius 2 is 2.26 bits per heavy atom. The van der Waals surface area contributed by atoms with E-state index in [4.69, 9.17) is 4.52 Å². The molecule has 1 atom stereocenters. The van der Waals surface area contributed by atoms with Crippen LogP contribution in [0.4, 0.5) is 0 Å². The largest absolute Gasteiger partial charge is 0.364 e. The second-order valence-electron chi connectivity index (χ2n) is 6.73. The van der Waals surface area contributed by atoms with Gasteiger partial charge >= 0.3 is 0 Å². The van der Waals surface area contributed by atoms with Crippen molar-refractivity contribution < 1.29 is 4.52 Å². The van der Waals surface area contributed by atoms with E-state index in [1.165, 1.54) is 45.2 Å². The topological polar surface area (TPSA) is 65.7 Å². The molecular formula is C17H29N5O. The molecule has 1 unspecified atom stereocenters. The monoisotopic (exact) mass is 319 g/mol. The van der Waals surface area contributed by atoms with Gasteiger partial charge in [0.1, 0.15) is 12.0 Å². The minimum atomic E-state index is 0.492. The van der Waals surface area contributed by atoms with Crippen LogP contribution in [0.15, 0.2) is 21.8 Å². The fraction of sp³-hybridized carbons (Fsp3) is 0.765. The fourth-order valence-electron chi connectivity index (χ4n) is 3.67. The van der Waals surface area contributed by atoms with E-state index in [1.807, 2.05) is 6.07 Å². The van der Waals surface area contributed by atoms with E-state index in [0.29, 0.717) is 12.6 Å². The van der Waals surface area contributed by atoms with Crippen LogP contribution in [0.2, 0.25) is 0 Å². The van der Waals surface area contributed by atoms with Gasteiger partial charge < -0.3 is 20.1 Å². The average Bonchev–Trinajstić information content (AvgIpc) is 3.28. The van der Waals surface area contributed by atoms with Crippen LogP contribution in [0.25, 0.3) is 0 Å². The van der Waals surface area contributed by atoms with E-state index in [0.717, 1.165) is 30.7 Å². The second kappa shape index (κ2) is 8.34. The number of nitrogens with zero attached hydrogens (tertiary/aromatic N) is 3. The van der Waals surface area contributed by atoms with Crippen molar-refractivity contribution in [2.75, 3.05) is 26.2 Å². The van der Waals surface area contributed by atoms with Crippen molar-refractivity contribution >= 4 is 5.96 Å². The van der Waals surface area contributed by atoms with E-state index >= 15 is 0 Å². The number of guanidine groups is 1. The molecule has 6 nitrogen and oxygen atoms in total. The molecule has 2 aliphatic rings. The van der Waals surface area contributed by atoms with Gasteiger partial charge in [-0.25, -0.2) is 4.99 Å². The molecule has 1 saturated heterocycles. The lowest BCUT2D eigenvalue weighted by atomic mass is 10.1. The summed E-state index contributed by atoms with van der Waals surface area (Å²) in [5.41, 5.74) is 0.858. The molecule has 2 N–H and O–H groups in total. The molecule has 1 aliphatic heterocycles. The lowest BCUT2D eigenvalue weighted by molar-refractivity contribution is 0.275. The summed E-state index contributed by atoms with van der Waals surface area (Å²) < 4.78 is 4.85. The summed E-state index contributed by atoms with van der Waals surface area (Å²) >= 11 is 0. The van der Waals surface area contributed by atoms with Crippen LogP contribution in [0, 0.1) is 5.92 Å². The summed E-state index contributed by atoms with van der Waals surface area (Å²) in [6.07, 6.45) is 8.50. The molecule has 1 saturated carbocycles. The lowest BCUT2D eigenvalue weighted by Crippen LogP contribution is -2.44. The number of aromatic nitrogens is 1. The molecular weight excluding hydrogens is 290 g/mol. The Morgan fingerprint density at radius 1 is 1.39 bits per heavy atom. The Balaban J connectivity index is 1.46. The molecule has 0 spiro atoms. The van der Waals surface area contributed by atoms with E-state index in [2.05, 4.69) is 32.6 Å². The Labute approximate surface area is 138 Å². The van der Waals surface area contributed by atoms with Gasteiger partial charge in [-0.3, -0.25) is 0 Å². The predicted octanol–water partition coefficient (Wildman–Crippen LogP) is 1.99. The van der Waals surface area contributed by atoms with Crippen LogP contribution < -0.4 is 10.6 Å². The van der Waals surface area contributed by atoms with Crippen molar-refractivity contribution in [1.82, 2.24) is 20.7 Å². The quantitative estimate of drug-likeness (QED) is 0.620. The molecule has 0 amide bonds. The van der Waals surface area contributed by atoms with Gasteiger partial charge in [0.05, 0.1) is 6.54 Å². The zero-order valence-electron chi connectivity index (χ0n) is 14.1. The van der Waals surface area contributed by atoms with E-state index in [-0.39, 0.29) is 0 Å². The van der Waals surface area contributed by atoms with Crippen LogP contribution in [0.5, 0.6) is 0 Å². The van der Waals surface area contributed by atoms with Crippen LogP contribution in [-0.4, -0.2) is 48.2 Å². The molecule has 2 heterocycles. The van der Waals surface area contributed by atoms with Gasteiger partial charge in [-0.15, -0.1) is 0 Å². The average molecular weight is 319 g/mol. The standard InChI is InChI=1S/C17H29N5O/c1-2-18-17(19-11-15-8-10-23-21-15)20-16-7-9-22(13-16)12-14-5-3-4-6-14/h8,10,14,16H,2-7,9,11-13H2,1H3,(H2,18,19,20). The summed E-state index contributed by atoms with van der Waals surface area (Å²) in [5.74, 6) is 1.81. The summed E-state index contributed by atoms with van der Waals surface area (Å²) in [4.78, 5) is 7.22. The SMILES string of the molecule is CCNC(=NCc1ccon1)NC1CCN(CC2CCCC2)C1. The lowest BCUT2D eigenvalue weighted by Gasteiger charge is -2.21. The molecule has 23 heavy (non-hydrogen) atoms. The van der Waals surface area contributed by atoms with Crippen molar-refractivity contribution in [2.45, 2.75) is 51.6 Å². The van der Waals surface area contributed by atoms with E-state index in [9.17, 15) is 0 Å². The van der Waals surface area contributed by atoms with Gasteiger partial charge in [0.15, 0.2) is 5.96 Å². The Morgan fingerprint density at radius 3 is 3.00 bits per heavy atom. The van der Waals surface area contributed by atoms with Gasteiger partial charge in [-0.2, -0.15) is 0 Å². The molecule has 0 radical (unpaired) electrons. The first kappa shape index (κ1) is 16.3. The highest BCUT2D eigenvalue weighted by Gasteiger charge is 2.26. The van der Waals surface area contributed by atoms with Crippen molar-refractivity contribution in [3.63, 3.8) is 0 Å². The Kier molecular flexibility index (Phi) is 5.91. The van der Waals surface area contributed by atoms with Crippen molar-refractivity contribution in [3.05, 3.63) is 18.0 Å². The van der Waals surface area contributed by atoms with Crippen LogP contribution in [-0.2, 0) is 6.54 Å². The maximum absolute atomic E-state index is 4.85. The van der Waals surface area contributed by atoms with Crippen LogP contribution >= 0.6 is 0 Å². The minimum absolute atomic E-state index is 0.492. The zero-order chi connectivity index (χ0) is 15.9. The molecule has 6 heteroatoms. The highest BCUT2D eigenvalue weighted by Crippen LogP contribution is 2.26. The predicted molar refractivity (Wildman–Crippen MR) is 91.3 cm³/mol. The van der Waals surface area contributed by atoms with Gasteiger partial charge in [0.25, 0.3) is 0 Å². The van der Waals surface area contributed by atoms with Crippen molar-refractivity contribution in [1.29, 1.82) is 0 Å².